The van der Waals surface area contributed by atoms with Gasteiger partial charge in [0.2, 0.25) is 0 Å². The topological polar surface area (TPSA) is 39.5 Å². The molecule has 1 saturated heterocycles. The molecule has 0 bridgehead atoms. The van der Waals surface area contributed by atoms with Crippen molar-refractivity contribution in [2.24, 2.45) is 0 Å². The molecule has 4 rings (SSSR count). The summed E-state index contributed by atoms with van der Waals surface area (Å²) in [6, 6.07) is 14.9. The average molecular weight is 422 g/mol. The highest BCUT2D eigenvalue weighted by Crippen LogP contribution is 2.20. The van der Waals surface area contributed by atoms with Gasteiger partial charge in [-0.15, -0.1) is 0 Å². The molecule has 166 valence electrons. The Kier molecular flexibility index (Phi) is 7.60. The van der Waals surface area contributed by atoms with E-state index in [9.17, 15) is 0 Å². The monoisotopic (exact) mass is 421 g/mol. The highest BCUT2D eigenvalue weighted by Gasteiger charge is 2.13. The van der Waals surface area contributed by atoms with Crippen molar-refractivity contribution in [1.29, 1.82) is 0 Å². The molecule has 1 aliphatic heterocycles. The molecule has 2 aromatic carbocycles. The van der Waals surface area contributed by atoms with Crippen LogP contribution in [0.25, 0.3) is 11.0 Å². The molecule has 0 saturated carbocycles. The van der Waals surface area contributed by atoms with Crippen LogP contribution in [0, 0.1) is 13.8 Å². The minimum absolute atomic E-state index is 0.753. The summed E-state index contributed by atoms with van der Waals surface area (Å²) in [7, 11) is 0. The summed E-state index contributed by atoms with van der Waals surface area (Å²) in [4.78, 5) is 7.45. The van der Waals surface area contributed by atoms with E-state index in [0.717, 1.165) is 82.9 Å². The van der Waals surface area contributed by atoms with Gasteiger partial charge in [0.25, 0.3) is 0 Å². The lowest BCUT2D eigenvalue weighted by molar-refractivity contribution is 0.0374. The smallest absolute Gasteiger partial charge is 0.122 e. The summed E-state index contributed by atoms with van der Waals surface area (Å²) in [5.74, 6) is 2.22. The zero-order valence-electron chi connectivity index (χ0n) is 19.0. The molecule has 2 heterocycles. The molecule has 5 nitrogen and oxygen atoms in total. The van der Waals surface area contributed by atoms with Gasteiger partial charge in [0, 0.05) is 26.1 Å². The molecule has 0 atom stereocenters. The molecule has 31 heavy (non-hydrogen) atoms. The van der Waals surface area contributed by atoms with Crippen molar-refractivity contribution in [3.05, 3.63) is 59.4 Å². The fourth-order valence-electron chi connectivity index (χ4n) is 4.37. The summed E-state index contributed by atoms with van der Waals surface area (Å²) >= 11 is 0. The molecular formula is C26H35N3O2. The maximum absolute atomic E-state index is 6.02. The number of rotatable bonds is 10. The predicted octanol–water partition coefficient (Wildman–Crippen LogP) is 4.78. The van der Waals surface area contributed by atoms with E-state index in [1.165, 1.54) is 22.5 Å². The second-order valence-electron chi connectivity index (χ2n) is 8.55. The van der Waals surface area contributed by atoms with Crippen LogP contribution in [0.5, 0.6) is 5.75 Å². The van der Waals surface area contributed by atoms with Crippen LogP contribution < -0.4 is 4.74 Å². The van der Waals surface area contributed by atoms with Gasteiger partial charge in [-0.05, 0) is 63.4 Å². The van der Waals surface area contributed by atoms with E-state index >= 15 is 0 Å². The van der Waals surface area contributed by atoms with Gasteiger partial charge >= 0.3 is 0 Å². The third-order valence-electron chi connectivity index (χ3n) is 6.08. The first kappa shape index (κ1) is 21.8. The number of fused-ring (bicyclic) bond motifs is 1. The van der Waals surface area contributed by atoms with E-state index in [1.54, 1.807) is 0 Å². The summed E-state index contributed by atoms with van der Waals surface area (Å²) in [5.41, 5.74) is 4.84. The van der Waals surface area contributed by atoms with Crippen molar-refractivity contribution >= 4 is 11.0 Å². The van der Waals surface area contributed by atoms with Gasteiger partial charge < -0.3 is 14.0 Å². The number of imidazole rings is 1. The molecule has 1 aromatic heterocycles. The maximum atomic E-state index is 6.02. The first-order valence-electron chi connectivity index (χ1n) is 11.6. The van der Waals surface area contributed by atoms with Gasteiger partial charge in [-0.25, -0.2) is 4.98 Å². The molecule has 0 N–H and O–H groups in total. The van der Waals surface area contributed by atoms with E-state index in [1.807, 2.05) is 0 Å². The van der Waals surface area contributed by atoms with Crippen molar-refractivity contribution in [3.63, 3.8) is 0 Å². The van der Waals surface area contributed by atoms with Gasteiger partial charge in [-0.2, -0.15) is 0 Å². The molecule has 0 unspecified atom stereocenters. The molecule has 1 aliphatic rings. The average Bonchev–Trinajstić information content (AvgIpc) is 3.13. The van der Waals surface area contributed by atoms with E-state index in [2.05, 4.69) is 65.8 Å². The fraction of sp³-hybridized carbons (Fsp3) is 0.500. The van der Waals surface area contributed by atoms with E-state index < -0.39 is 0 Å². The number of hydrogen-bond acceptors (Lipinski definition) is 4. The van der Waals surface area contributed by atoms with Crippen LogP contribution in [0.1, 0.15) is 36.2 Å². The Labute approximate surface area is 186 Å². The predicted molar refractivity (Wildman–Crippen MR) is 126 cm³/mol. The van der Waals surface area contributed by atoms with Gasteiger partial charge in [-0.3, -0.25) is 4.90 Å². The number of aromatic nitrogens is 2. The van der Waals surface area contributed by atoms with Crippen LogP contribution in [0.3, 0.4) is 0 Å². The third kappa shape index (κ3) is 5.86. The van der Waals surface area contributed by atoms with E-state index in [0.29, 0.717) is 0 Å². The van der Waals surface area contributed by atoms with Crippen molar-refractivity contribution in [1.82, 2.24) is 14.5 Å². The number of benzene rings is 2. The Balaban J connectivity index is 1.31. The van der Waals surface area contributed by atoms with E-state index in [-0.39, 0.29) is 0 Å². The second kappa shape index (κ2) is 10.8. The Morgan fingerprint density at radius 2 is 1.81 bits per heavy atom. The highest BCUT2D eigenvalue weighted by molar-refractivity contribution is 5.75. The first-order chi connectivity index (χ1) is 15.2. The first-order valence-corrected chi connectivity index (χ1v) is 11.6. The number of nitrogens with zero attached hydrogens (tertiary/aromatic N) is 3. The molecule has 0 spiro atoms. The summed E-state index contributed by atoms with van der Waals surface area (Å²) in [6.07, 6.45) is 4.28. The van der Waals surface area contributed by atoms with Crippen LogP contribution >= 0.6 is 0 Å². The molecular weight excluding hydrogens is 386 g/mol. The Morgan fingerprint density at radius 3 is 2.65 bits per heavy atom. The fourth-order valence-corrected chi connectivity index (χ4v) is 4.37. The largest absolute Gasteiger partial charge is 0.493 e. The number of ether oxygens (including phenoxy) is 2. The molecule has 0 radical (unpaired) electrons. The van der Waals surface area contributed by atoms with Gasteiger partial charge in [0.15, 0.2) is 0 Å². The quantitative estimate of drug-likeness (QED) is 0.442. The van der Waals surface area contributed by atoms with E-state index in [4.69, 9.17) is 14.5 Å². The normalized spacial score (nSPS) is 14.9. The molecule has 1 fully saturated rings. The summed E-state index contributed by atoms with van der Waals surface area (Å²) in [6.45, 7) is 10.9. The second-order valence-corrected chi connectivity index (χ2v) is 8.55. The molecule has 5 heteroatoms. The van der Waals surface area contributed by atoms with Crippen LogP contribution in [0.2, 0.25) is 0 Å². The number of hydrogen-bond donors (Lipinski definition) is 0. The third-order valence-corrected chi connectivity index (χ3v) is 6.08. The zero-order valence-corrected chi connectivity index (χ0v) is 19.0. The summed E-state index contributed by atoms with van der Waals surface area (Å²) in [5, 5.41) is 0. The van der Waals surface area contributed by atoms with Gasteiger partial charge in [0.1, 0.15) is 11.6 Å². The summed E-state index contributed by atoms with van der Waals surface area (Å²) < 4.78 is 13.9. The number of unbranched alkanes of at least 4 members (excludes halogenated alkanes) is 1. The maximum Gasteiger partial charge on any atom is 0.122 e. The lowest BCUT2D eigenvalue weighted by Crippen LogP contribution is -2.37. The van der Waals surface area contributed by atoms with Crippen molar-refractivity contribution in [3.8, 4) is 5.75 Å². The van der Waals surface area contributed by atoms with Crippen LogP contribution in [-0.2, 0) is 17.7 Å². The van der Waals surface area contributed by atoms with Crippen molar-refractivity contribution < 1.29 is 9.47 Å². The number of aryl methyl sites for hydroxylation is 4. The molecule has 0 amide bonds. The SMILES string of the molecule is Cc1ccc(OCCCCn2c(CCCN3CCOCC3)nc3ccccc32)c(C)c1. The van der Waals surface area contributed by atoms with Crippen LogP contribution in [0.4, 0.5) is 0 Å². The Hall–Kier alpha value is -2.37. The lowest BCUT2D eigenvalue weighted by atomic mass is 10.1. The van der Waals surface area contributed by atoms with Crippen molar-refractivity contribution in [2.45, 2.75) is 46.1 Å². The Morgan fingerprint density at radius 1 is 0.968 bits per heavy atom. The Bertz CT molecular complexity index is 976. The molecule has 0 aliphatic carbocycles. The number of morpholine rings is 1. The highest BCUT2D eigenvalue weighted by atomic mass is 16.5. The number of para-hydroxylation sites is 2. The van der Waals surface area contributed by atoms with Gasteiger partial charge in [-0.1, -0.05) is 29.8 Å². The van der Waals surface area contributed by atoms with Gasteiger partial charge in [0.05, 0.1) is 30.9 Å². The minimum Gasteiger partial charge on any atom is -0.493 e. The standard InChI is InChI=1S/C26H35N3O2/c1-21-11-12-25(22(2)20-21)31-17-6-5-14-29-24-9-4-3-8-23(24)27-26(29)10-7-13-28-15-18-30-19-16-28/h3-4,8-9,11-12,20H,5-7,10,13-19H2,1-2H3. The van der Waals surface area contributed by atoms with Crippen LogP contribution in [0.15, 0.2) is 42.5 Å². The zero-order chi connectivity index (χ0) is 21.5. The lowest BCUT2D eigenvalue weighted by Gasteiger charge is -2.26. The minimum atomic E-state index is 0.753. The van der Waals surface area contributed by atoms with Crippen molar-refractivity contribution in [2.75, 3.05) is 39.5 Å². The van der Waals surface area contributed by atoms with Crippen LogP contribution in [-0.4, -0.2) is 53.9 Å². The molecule has 3 aromatic rings.